The maximum Gasteiger partial charge on any atom is 0.0216 e. The molecule has 0 fully saturated rings. The highest BCUT2D eigenvalue weighted by Crippen LogP contribution is 2.13. The van der Waals surface area contributed by atoms with Gasteiger partial charge in [-0.05, 0) is 47.7 Å². The van der Waals surface area contributed by atoms with Gasteiger partial charge in [0.25, 0.3) is 0 Å². The maximum absolute atomic E-state index is 3.52. The van der Waals surface area contributed by atoms with Gasteiger partial charge in [0, 0.05) is 6.54 Å². The Morgan fingerprint density at radius 3 is 2.79 bits per heavy atom. The molecule has 14 heavy (non-hydrogen) atoms. The van der Waals surface area contributed by atoms with Crippen LogP contribution in [0, 0.1) is 12.8 Å². The molecule has 1 nitrogen and oxygen atoms in total. The van der Waals surface area contributed by atoms with Crippen LogP contribution in [0.5, 0.6) is 0 Å². The van der Waals surface area contributed by atoms with E-state index < -0.39 is 0 Å². The zero-order valence-electron chi connectivity index (χ0n) is 9.47. The summed E-state index contributed by atoms with van der Waals surface area (Å²) in [6.45, 7) is 8.92. The van der Waals surface area contributed by atoms with Gasteiger partial charge in [-0.15, -0.1) is 0 Å². The van der Waals surface area contributed by atoms with Crippen molar-refractivity contribution in [2.45, 2.75) is 40.2 Å². The quantitative estimate of drug-likeness (QED) is 0.758. The molecule has 80 valence electrons. The van der Waals surface area contributed by atoms with Crippen LogP contribution in [0.2, 0.25) is 0 Å². The molecule has 0 radical (unpaired) electrons. The van der Waals surface area contributed by atoms with Gasteiger partial charge in [-0.25, -0.2) is 0 Å². The molecule has 0 aliphatic rings. The van der Waals surface area contributed by atoms with E-state index in [1.807, 2.05) is 0 Å². The van der Waals surface area contributed by atoms with Crippen LogP contribution < -0.4 is 5.32 Å². The van der Waals surface area contributed by atoms with Crippen molar-refractivity contribution in [2.24, 2.45) is 5.92 Å². The fraction of sp³-hybridized carbons (Fsp3) is 0.667. The Morgan fingerprint density at radius 1 is 1.43 bits per heavy atom. The molecule has 1 N–H and O–H groups in total. The van der Waals surface area contributed by atoms with Crippen LogP contribution in [0.3, 0.4) is 0 Å². The normalized spacial score (nSPS) is 13.1. The number of thiophene rings is 1. The van der Waals surface area contributed by atoms with Crippen molar-refractivity contribution in [1.82, 2.24) is 5.32 Å². The zero-order valence-corrected chi connectivity index (χ0v) is 10.3. The summed E-state index contributed by atoms with van der Waals surface area (Å²) in [6, 6.07) is 0. The lowest BCUT2D eigenvalue weighted by Crippen LogP contribution is -2.20. The minimum Gasteiger partial charge on any atom is -0.312 e. The van der Waals surface area contributed by atoms with Crippen LogP contribution in [0.1, 0.15) is 37.8 Å². The van der Waals surface area contributed by atoms with E-state index in [1.54, 1.807) is 11.3 Å². The molecule has 0 saturated carbocycles. The predicted octanol–water partition coefficient (Wildman–Crippen LogP) is 3.58. The summed E-state index contributed by atoms with van der Waals surface area (Å²) >= 11 is 1.80. The summed E-state index contributed by atoms with van der Waals surface area (Å²) in [7, 11) is 0. The van der Waals surface area contributed by atoms with E-state index in [2.05, 4.69) is 36.8 Å². The second-order valence-corrected chi connectivity index (χ2v) is 4.85. The molecule has 0 aliphatic carbocycles. The first-order valence-electron chi connectivity index (χ1n) is 5.46. The minimum absolute atomic E-state index is 0.805. The molecular formula is C12H21NS. The molecule has 0 bridgehead atoms. The molecule has 0 spiro atoms. The minimum atomic E-state index is 0.805. The van der Waals surface area contributed by atoms with E-state index in [0.29, 0.717) is 0 Å². The van der Waals surface area contributed by atoms with Gasteiger partial charge in [-0.2, -0.15) is 11.3 Å². The predicted molar refractivity (Wildman–Crippen MR) is 64.8 cm³/mol. The first kappa shape index (κ1) is 11.7. The van der Waals surface area contributed by atoms with Crippen molar-refractivity contribution < 1.29 is 0 Å². The lowest BCUT2D eigenvalue weighted by molar-refractivity contribution is 0.475. The van der Waals surface area contributed by atoms with Crippen molar-refractivity contribution in [1.29, 1.82) is 0 Å². The van der Waals surface area contributed by atoms with E-state index in [9.17, 15) is 0 Å². The molecule has 0 aliphatic heterocycles. The smallest absolute Gasteiger partial charge is 0.0216 e. The summed E-state index contributed by atoms with van der Waals surface area (Å²) in [6.07, 6.45) is 2.62. The van der Waals surface area contributed by atoms with Crippen LogP contribution >= 0.6 is 11.3 Å². The molecule has 0 aromatic carbocycles. The van der Waals surface area contributed by atoms with E-state index in [-0.39, 0.29) is 0 Å². The molecule has 0 amide bonds. The standard InChI is InChI=1S/C12H21NS/c1-4-5-10(2)6-13-7-12-9-14-8-11(12)3/h8-10,13H,4-7H2,1-3H3. The second-order valence-electron chi connectivity index (χ2n) is 4.10. The van der Waals surface area contributed by atoms with Crippen molar-refractivity contribution in [3.63, 3.8) is 0 Å². The van der Waals surface area contributed by atoms with Gasteiger partial charge in [0.1, 0.15) is 0 Å². The van der Waals surface area contributed by atoms with Gasteiger partial charge < -0.3 is 5.32 Å². The molecule has 2 heteroatoms. The third-order valence-electron chi connectivity index (χ3n) is 2.55. The Kier molecular flexibility index (Phi) is 5.20. The Labute approximate surface area is 91.5 Å². The Bertz CT molecular complexity index is 255. The molecule has 1 rings (SSSR count). The average molecular weight is 211 g/mol. The molecular weight excluding hydrogens is 190 g/mol. The van der Waals surface area contributed by atoms with Crippen molar-refractivity contribution in [2.75, 3.05) is 6.54 Å². The van der Waals surface area contributed by atoms with Gasteiger partial charge in [-0.1, -0.05) is 20.3 Å². The van der Waals surface area contributed by atoms with Crippen molar-refractivity contribution >= 4 is 11.3 Å². The van der Waals surface area contributed by atoms with Crippen LogP contribution in [-0.2, 0) is 6.54 Å². The first-order chi connectivity index (χ1) is 6.74. The number of hydrogen-bond donors (Lipinski definition) is 1. The lowest BCUT2D eigenvalue weighted by Gasteiger charge is -2.11. The van der Waals surface area contributed by atoms with Crippen LogP contribution in [0.25, 0.3) is 0 Å². The Balaban J connectivity index is 2.19. The number of aryl methyl sites for hydroxylation is 1. The van der Waals surface area contributed by atoms with E-state index in [1.165, 1.54) is 24.0 Å². The Hall–Kier alpha value is -0.340. The highest BCUT2D eigenvalue weighted by Gasteiger charge is 2.01. The van der Waals surface area contributed by atoms with Crippen molar-refractivity contribution in [3.05, 3.63) is 21.9 Å². The van der Waals surface area contributed by atoms with Crippen molar-refractivity contribution in [3.8, 4) is 0 Å². The summed E-state index contributed by atoms with van der Waals surface area (Å²) in [5.74, 6) is 0.805. The number of rotatable bonds is 6. The summed E-state index contributed by atoms with van der Waals surface area (Å²) < 4.78 is 0. The molecule has 0 saturated heterocycles. The SMILES string of the molecule is CCCC(C)CNCc1cscc1C. The van der Waals surface area contributed by atoms with Gasteiger partial charge in [0.2, 0.25) is 0 Å². The first-order valence-corrected chi connectivity index (χ1v) is 6.40. The third kappa shape index (κ3) is 3.81. The van der Waals surface area contributed by atoms with E-state index in [0.717, 1.165) is 19.0 Å². The largest absolute Gasteiger partial charge is 0.312 e. The maximum atomic E-state index is 3.52. The summed E-state index contributed by atoms with van der Waals surface area (Å²) in [5.41, 5.74) is 2.88. The average Bonchev–Trinajstić information content (AvgIpc) is 2.52. The van der Waals surface area contributed by atoms with Gasteiger partial charge in [-0.3, -0.25) is 0 Å². The molecule has 1 unspecified atom stereocenters. The van der Waals surface area contributed by atoms with Gasteiger partial charge in [0.15, 0.2) is 0 Å². The summed E-state index contributed by atoms with van der Waals surface area (Å²) in [5, 5.41) is 7.98. The Morgan fingerprint density at radius 2 is 2.21 bits per heavy atom. The fourth-order valence-corrected chi connectivity index (χ4v) is 2.47. The second kappa shape index (κ2) is 6.20. The molecule has 1 heterocycles. The van der Waals surface area contributed by atoms with E-state index >= 15 is 0 Å². The van der Waals surface area contributed by atoms with Crippen LogP contribution in [0.4, 0.5) is 0 Å². The topological polar surface area (TPSA) is 12.0 Å². The molecule has 1 aromatic heterocycles. The molecule has 1 atom stereocenters. The van der Waals surface area contributed by atoms with Crippen LogP contribution in [0.15, 0.2) is 10.8 Å². The molecule has 1 aromatic rings. The highest BCUT2D eigenvalue weighted by molar-refractivity contribution is 7.08. The third-order valence-corrected chi connectivity index (χ3v) is 3.46. The summed E-state index contributed by atoms with van der Waals surface area (Å²) in [4.78, 5) is 0. The van der Waals surface area contributed by atoms with Gasteiger partial charge in [0.05, 0.1) is 0 Å². The van der Waals surface area contributed by atoms with Crippen LogP contribution in [-0.4, -0.2) is 6.54 Å². The fourth-order valence-electron chi connectivity index (χ4n) is 1.62. The number of hydrogen-bond acceptors (Lipinski definition) is 2. The zero-order chi connectivity index (χ0) is 10.4. The van der Waals surface area contributed by atoms with E-state index in [4.69, 9.17) is 0 Å². The van der Waals surface area contributed by atoms with Gasteiger partial charge >= 0.3 is 0 Å². The highest BCUT2D eigenvalue weighted by atomic mass is 32.1. The lowest BCUT2D eigenvalue weighted by atomic mass is 10.1. The monoisotopic (exact) mass is 211 g/mol. The number of nitrogens with one attached hydrogen (secondary N) is 1.